The Morgan fingerprint density at radius 3 is 2.85 bits per heavy atom. The summed E-state index contributed by atoms with van der Waals surface area (Å²) in [6, 6.07) is 0. The fourth-order valence-electron chi connectivity index (χ4n) is 1.45. The molecule has 1 unspecified atom stereocenters. The van der Waals surface area contributed by atoms with E-state index < -0.39 is 11.9 Å². The Balaban J connectivity index is 2.61. The Labute approximate surface area is 78.7 Å². The zero-order valence-electron chi connectivity index (χ0n) is 7.74. The normalized spacial score (nSPS) is 29.9. The molecule has 1 fully saturated rings. The van der Waals surface area contributed by atoms with Gasteiger partial charge in [-0.05, 0) is 6.42 Å². The van der Waals surface area contributed by atoms with Gasteiger partial charge in [-0.3, -0.25) is 0 Å². The topological polar surface area (TPSA) is 38.7 Å². The van der Waals surface area contributed by atoms with Crippen molar-refractivity contribution in [1.29, 1.82) is 0 Å². The summed E-state index contributed by atoms with van der Waals surface area (Å²) in [5.41, 5.74) is 0. The summed E-state index contributed by atoms with van der Waals surface area (Å²) in [6.07, 6.45) is 3.92. The lowest BCUT2D eigenvalue weighted by atomic mass is 10.1. The van der Waals surface area contributed by atoms with Crippen LogP contribution in [-0.2, 0) is 9.47 Å². The summed E-state index contributed by atoms with van der Waals surface area (Å²) in [6.45, 7) is 8.08. The maximum Gasteiger partial charge on any atom is 0.198 e. The van der Waals surface area contributed by atoms with Crippen molar-refractivity contribution < 1.29 is 14.6 Å². The lowest BCUT2D eigenvalue weighted by molar-refractivity contribution is -0.243. The first kappa shape index (κ1) is 10.4. The van der Waals surface area contributed by atoms with Crippen LogP contribution < -0.4 is 0 Å². The van der Waals surface area contributed by atoms with Crippen LogP contribution in [0.5, 0.6) is 0 Å². The second-order valence-corrected chi connectivity index (χ2v) is 3.04. The van der Waals surface area contributed by atoms with Gasteiger partial charge >= 0.3 is 0 Å². The number of hydrogen-bond acceptors (Lipinski definition) is 3. The minimum Gasteiger partial charge on any atom is -0.383 e. The molecule has 0 amide bonds. The summed E-state index contributed by atoms with van der Waals surface area (Å²) in [5, 5.41) is 9.63. The van der Waals surface area contributed by atoms with Gasteiger partial charge in [-0.25, -0.2) is 0 Å². The van der Waals surface area contributed by atoms with E-state index in [0.29, 0.717) is 19.6 Å². The Morgan fingerprint density at radius 2 is 2.38 bits per heavy atom. The third kappa shape index (κ3) is 2.18. The van der Waals surface area contributed by atoms with Crippen molar-refractivity contribution in [2.45, 2.75) is 24.7 Å². The molecule has 1 N–H and O–H groups in total. The summed E-state index contributed by atoms with van der Waals surface area (Å²) in [4.78, 5) is 0. The Bertz CT molecular complexity index is 183. The van der Waals surface area contributed by atoms with E-state index in [4.69, 9.17) is 9.47 Å². The standard InChI is InChI=1S/C10H16O3/c1-3-7-12-10(9(11)4-2)6-5-8-13-10/h3-4,9,11H,1-2,5-8H2/t9?,10-/m1/s1. The zero-order chi connectivity index (χ0) is 9.73. The first-order valence-electron chi connectivity index (χ1n) is 4.44. The van der Waals surface area contributed by atoms with Gasteiger partial charge in [0, 0.05) is 6.42 Å². The molecule has 0 bridgehead atoms. The molecular weight excluding hydrogens is 168 g/mol. The van der Waals surface area contributed by atoms with Gasteiger partial charge in [0.2, 0.25) is 0 Å². The van der Waals surface area contributed by atoms with Crippen LogP contribution in [-0.4, -0.2) is 30.2 Å². The van der Waals surface area contributed by atoms with Crippen molar-refractivity contribution in [3.05, 3.63) is 25.3 Å². The summed E-state index contributed by atoms with van der Waals surface area (Å²) < 4.78 is 10.8. The molecule has 0 aromatic rings. The minimum absolute atomic E-state index is 0.380. The van der Waals surface area contributed by atoms with E-state index in [1.807, 2.05) is 0 Å². The monoisotopic (exact) mass is 184 g/mol. The molecule has 1 saturated heterocycles. The van der Waals surface area contributed by atoms with Crippen LogP contribution >= 0.6 is 0 Å². The van der Waals surface area contributed by atoms with E-state index >= 15 is 0 Å². The molecule has 1 aliphatic rings. The summed E-state index contributed by atoms with van der Waals surface area (Å²) in [7, 11) is 0. The first-order valence-corrected chi connectivity index (χ1v) is 4.44. The molecule has 0 aliphatic carbocycles. The van der Waals surface area contributed by atoms with Crippen molar-refractivity contribution in [2.24, 2.45) is 0 Å². The molecule has 3 nitrogen and oxygen atoms in total. The molecule has 1 aliphatic heterocycles. The first-order chi connectivity index (χ1) is 6.25. The van der Waals surface area contributed by atoms with Crippen molar-refractivity contribution in [3.8, 4) is 0 Å². The third-order valence-electron chi connectivity index (χ3n) is 2.14. The lowest BCUT2D eigenvalue weighted by Gasteiger charge is -2.31. The second kappa shape index (κ2) is 4.56. The van der Waals surface area contributed by atoms with Gasteiger partial charge in [-0.15, -0.1) is 13.2 Å². The highest BCUT2D eigenvalue weighted by Crippen LogP contribution is 2.31. The van der Waals surface area contributed by atoms with Crippen LogP contribution in [0.25, 0.3) is 0 Å². The summed E-state index contributed by atoms with van der Waals surface area (Å²) in [5.74, 6) is -0.879. The average molecular weight is 184 g/mol. The quantitative estimate of drug-likeness (QED) is 0.653. The summed E-state index contributed by atoms with van der Waals surface area (Å²) >= 11 is 0. The molecule has 0 aromatic heterocycles. The van der Waals surface area contributed by atoms with Gasteiger partial charge in [0.15, 0.2) is 5.79 Å². The number of rotatable bonds is 5. The smallest absolute Gasteiger partial charge is 0.198 e. The Hall–Kier alpha value is -0.640. The number of aliphatic hydroxyl groups is 1. The molecule has 0 saturated carbocycles. The maximum atomic E-state index is 9.63. The molecule has 0 aromatic carbocycles. The predicted molar refractivity (Wildman–Crippen MR) is 50.3 cm³/mol. The van der Waals surface area contributed by atoms with Gasteiger partial charge in [-0.1, -0.05) is 12.2 Å². The molecule has 13 heavy (non-hydrogen) atoms. The van der Waals surface area contributed by atoms with Gasteiger partial charge in [0.1, 0.15) is 6.10 Å². The third-order valence-corrected chi connectivity index (χ3v) is 2.14. The van der Waals surface area contributed by atoms with Gasteiger partial charge < -0.3 is 14.6 Å². The molecule has 1 heterocycles. The van der Waals surface area contributed by atoms with Crippen molar-refractivity contribution >= 4 is 0 Å². The molecule has 1 rings (SSSR count). The van der Waals surface area contributed by atoms with E-state index in [1.54, 1.807) is 6.08 Å². The van der Waals surface area contributed by atoms with E-state index in [9.17, 15) is 5.11 Å². The van der Waals surface area contributed by atoms with Crippen molar-refractivity contribution in [1.82, 2.24) is 0 Å². The van der Waals surface area contributed by atoms with Crippen LogP contribution in [0.15, 0.2) is 25.3 Å². The number of hydrogen-bond donors (Lipinski definition) is 1. The largest absolute Gasteiger partial charge is 0.383 e. The second-order valence-electron chi connectivity index (χ2n) is 3.04. The Kier molecular flexibility index (Phi) is 3.66. The van der Waals surface area contributed by atoms with Crippen LogP contribution in [0, 0.1) is 0 Å². The highest BCUT2D eigenvalue weighted by molar-refractivity contribution is 4.94. The molecular formula is C10H16O3. The van der Waals surface area contributed by atoms with Crippen LogP contribution in [0.3, 0.4) is 0 Å². The van der Waals surface area contributed by atoms with Crippen molar-refractivity contribution in [3.63, 3.8) is 0 Å². The average Bonchev–Trinajstić information content (AvgIpc) is 2.63. The van der Waals surface area contributed by atoms with Gasteiger partial charge in [0.25, 0.3) is 0 Å². The molecule has 2 atom stereocenters. The molecule has 0 spiro atoms. The molecule has 0 radical (unpaired) electrons. The van der Waals surface area contributed by atoms with Crippen LogP contribution in [0.1, 0.15) is 12.8 Å². The zero-order valence-corrected chi connectivity index (χ0v) is 7.74. The predicted octanol–water partition coefficient (Wildman–Crippen LogP) is 1.24. The molecule has 74 valence electrons. The number of aliphatic hydroxyl groups excluding tert-OH is 1. The SMILES string of the molecule is C=CCO[C@]1(C(O)C=C)CCCO1. The van der Waals surface area contributed by atoms with Crippen molar-refractivity contribution in [2.75, 3.05) is 13.2 Å². The maximum absolute atomic E-state index is 9.63. The van der Waals surface area contributed by atoms with Gasteiger partial charge in [-0.2, -0.15) is 0 Å². The highest BCUT2D eigenvalue weighted by atomic mass is 16.7. The fourth-order valence-corrected chi connectivity index (χ4v) is 1.45. The number of ether oxygens (including phenoxy) is 2. The van der Waals surface area contributed by atoms with Crippen LogP contribution in [0.4, 0.5) is 0 Å². The molecule has 3 heteroatoms. The van der Waals surface area contributed by atoms with Gasteiger partial charge in [0.05, 0.1) is 13.2 Å². The lowest BCUT2D eigenvalue weighted by Crippen LogP contribution is -2.43. The van der Waals surface area contributed by atoms with E-state index in [-0.39, 0.29) is 0 Å². The van der Waals surface area contributed by atoms with E-state index in [1.165, 1.54) is 6.08 Å². The van der Waals surface area contributed by atoms with E-state index in [2.05, 4.69) is 13.2 Å². The highest BCUT2D eigenvalue weighted by Gasteiger charge is 2.41. The Morgan fingerprint density at radius 1 is 1.62 bits per heavy atom. The van der Waals surface area contributed by atoms with Crippen LogP contribution in [0.2, 0.25) is 0 Å². The minimum atomic E-state index is -0.879. The fraction of sp³-hybridized carbons (Fsp3) is 0.600. The van der Waals surface area contributed by atoms with E-state index in [0.717, 1.165) is 6.42 Å².